The number of rotatable bonds is 7. The molecule has 0 atom stereocenters. The summed E-state index contributed by atoms with van der Waals surface area (Å²) in [6.07, 6.45) is 0.743. The lowest BCUT2D eigenvalue weighted by molar-refractivity contribution is 0.303. The highest BCUT2D eigenvalue weighted by Gasteiger charge is 2.12. The minimum Gasteiger partial charge on any atom is -0.487 e. The van der Waals surface area contributed by atoms with Crippen LogP contribution < -0.4 is 10.2 Å². The van der Waals surface area contributed by atoms with E-state index in [0.717, 1.165) is 23.4 Å². The number of H-pyrrole nitrogens is 1. The van der Waals surface area contributed by atoms with E-state index in [1.54, 1.807) is 10.7 Å². The predicted molar refractivity (Wildman–Crippen MR) is 112 cm³/mol. The standard InChI is InChI=1S/C19H20Cl2N4OS/c1-3-17-23-24-19(27)25(17)22-10-14-8-15(20)9-16(21)18(14)26-11-13-6-4-12(2)5-7-13/h4-9,22H,3,10-11H2,1-2H3,(H,24,27). The van der Waals surface area contributed by atoms with E-state index in [1.165, 1.54) is 5.56 Å². The molecule has 0 saturated carbocycles. The summed E-state index contributed by atoms with van der Waals surface area (Å²) < 4.78 is 8.26. The number of halogens is 2. The van der Waals surface area contributed by atoms with E-state index in [-0.39, 0.29) is 0 Å². The third-order valence-electron chi connectivity index (χ3n) is 4.07. The molecule has 2 N–H and O–H groups in total. The largest absolute Gasteiger partial charge is 0.487 e. The molecule has 0 bridgehead atoms. The molecule has 142 valence electrons. The minimum absolute atomic E-state index is 0.417. The van der Waals surface area contributed by atoms with Crippen LogP contribution >= 0.6 is 35.4 Å². The van der Waals surface area contributed by atoms with Gasteiger partial charge in [-0.25, -0.2) is 4.68 Å². The number of hydrogen-bond acceptors (Lipinski definition) is 4. The second-order valence-corrected chi connectivity index (χ2v) is 7.35. The Hall–Kier alpha value is -2.02. The third-order valence-corrected chi connectivity index (χ3v) is 4.85. The molecule has 0 saturated heterocycles. The first-order valence-electron chi connectivity index (χ1n) is 8.54. The summed E-state index contributed by atoms with van der Waals surface area (Å²) in [5.74, 6) is 1.41. The molecule has 1 aromatic heterocycles. The Morgan fingerprint density at radius 2 is 1.96 bits per heavy atom. The first-order chi connectivity index (χ1) is 13.0. The van der Waals surface area contributed by atoms with E-state index in [0.29, 0.717) is 33.7 Å². The topological polar surface area (TPSA) is 54.9 Å². The average molecular weight is 423 g/mol. The Bertz CT molecular complexity index is 982. The van der Waals surface area contributed by atoms with Crippen molar-refractivity contribution in [3.63, 3.8) is 0 Å². The number of benzene rings is 2. The molecule has 0 aliphatic rings. The molecular weight excluding hydrogens is 403 g/mol. The van der Waals surface area contributed by atoms with Crippen molar-refractivity contribution in [2.75, 3.05) is 5.43 Å². The third kappa shape index (κ3) is 4.83. The quantitative estimate of drug-likeness (QED) is 0.497. The summed E-state index contributed by atoms with van der Waals surface area (Å²) in [5, 5.41) is 7.99. The molecule has 3 rings (SSSR count). The van der Waals surface area contributed by atoms with Crippen molar-refractivity contribution in [2.24, 2.45) is 0 Å². The zero-order chi connectivity index (χ0) is 19.4. The molecule has 27 heavy (non-hydrogen) atoms. The van der Waals surface area contributed by atoms with Gasteiger partial charge in [0.1, 0.15) is 12.4 Å². The van der Waals surface area contributed by atoms with Crippen LogP contribution in [-0.2, 0) is 19.6 Å². The van der Waals surface area contributed by atoms with E-state index in [4.69, 9.17) is 40.2 Å². The molecule has 0 unspecified atom stereocenters. The van der Waals surface area contributed by atoms with Crippen LogP contribution in [0.4, 0.5) is 0 Å². The van der Waals surface area contributed by atoms with Crippen LogP contribution in [0.3, 0.4) is 0 Å². The summed E-state index contributed by atoms with van der Waals surface area (Å²) in [6, 6.07) is 11.7. The highest BCUT2D eigenvalue weighted by Crippen LogP contribution is 2.33. The smallest absolute Gasteiger partial charge is 0.214 e. The predicted octanol–water partition coefficient (Wildman–Crippen LogP) is 5.44. The summed E-state index contributed by atoms with van der Waals surface area (Å²) in [7, 11) is 0. The maximum Gasteiger partial charge on any atom is 0.214 e. The van der Waals surface area contributed by atoms with Crippen molar-refractivity contribution in [1.82, 2.24) is 14.9 Å². The summed E-state index contributed by atoms with van der Waals surface area (Å²) in [4.78, 5) is 0. The fraction of sp³-hybridized carbons (Fsp3) is 0.263. The number of aryl methyl sites for hydroxylation is 2. The molecule has 0 radical (unpaired) electrons. The van der Waals surface area contributed by atoms with E-state index in [2.05, 4.69) is 34.7 Å². The van der Waals surface area contributed by atoms with E-state index in [1.807, 2.05) is 25.1 Å². The second-order valence-electron chi connectivity index (χ2n) is 6.12. The maximum absolute atomic E-state index is 6.39. The van der Waals surface area contributed by atoms with Gasteiger partial charge in [0, 0.05) is 17.0 Å². The van der Waals surface area contributed by atoms with Crippen molar-refractivity contribution in [1.29, 1.82) is 0 Å². The second kappa shape index (κ2) is 8.78. The number of aromatic nitrogens is 3. The van der Waals surface area contributed by atoms with Gasteiger partial charge >= 0.3 is 0 Å². The molecule has 0 amide bonds. The molecule has 1 heterocycles. The van der Waals surface area contributed by atoms with Gasteiger partial charge in [0.15, 0.2) is 5.82 Å². The molecule has 8 heteroatoms. The highest BCUT2D eigenvalue weighted by atomic mass is 35.5. The van der Waals surface area contributed by atoms with Gasteiger partial charge in [-0.15, -0.1) is 0 Å². The zero-order valence-electron chi connectivity index (χ0n) is 15.1. The molecule has 0 fully saturated rings. The summed E-state index contributed by atoms with van der Waals surface area (Å²) in [6.45, 7) is 4.91. The van der Waals surface area contributed by atoms with Crippen molar-refractivity contribution in [2.45, 2.75) is 33.4 Å². The molecule has 0 spiro atoms. The summed E-state index contributed by atoms with van der Waals surface area (Å²) in [5.41, 5.74) is 6.36. The summed E-state index contributed by atoms with van der Waals surface area (Å²) >= 11 is 17.9. The van der Waals surface area contributed by atoms with Crippen molar-refractivity contribution >= 4 is 35.4 Å². The Morgan fingerprint density at radius 3 is 2.67 bits per heavy atom. The zero-order valence-corrected chi connectivity index (χ0v) is 17.4. The highest BCUT2D eigenvalue weighted by molar-refractivity contribution is 7.71. The average Bonchev–Trinajstić information content (AvgIpc) is 3.00. The Labute approximate surface area is 173 Å². The number of nitrogens with zero attached hydrogens (tertiary/aromatic N) is 2. The monoisotopic (exact) mass is 422 g/mol. The SMILES string of the molecule is CCc1n[nH]c(=S)n1NCc1cc(Cl)cc(Cl)c1OCc1ccc(C)cc1. The van der Waals surface area contributed by atoms with Crippen LogP contribution in [-0.4, -0.2) is 14.9 Å². The van der Waals surface area contributed by atoms with Crippen molar-refractivity contribution in [3.05, 3.63) is 73.7 Å². The molecule has 0 aliphatic carbocycles. The Morgan fingerprint density at radius 1 is 1.22 bits per heavy atom. The maximum atomic E-state index is 6.39. The first kappa shape index (κ1) is 19.7. The van der Waals surface area contributed by atoms with Gasteiger partial charge < -0.3 is 10.2 Å². The van der Waals surface area contributed by atoms with Gasteiger partial charge in [-0.05, 0) is 36.8 Å². The van der Waals surface area contributed by atoms with Gasteiger partial charge in [0.2, 0.25) is 4.77 Å². The lowest BCUT2D eigenvalue weighted by Gasteiger charge is -2.16. The molecule has 3 aromatic rings. The van der Waals surface area contributed by atoms with E-state index >= 15 is 0 Å². The fourth-order valence-corrected chi connectivity index (χ4v) is 3.45. The van der Waals surface area contributed by atoms with Crippen LogP contribution in [0.15, 0.2) is 36.4 Å². The van der Waals surface area contributed by atoms with Gasteiger partial charge in [-0.3, -0.25) is 5.10 Å². The van der Waals surface area contributed by atoms with Crippen LogP contribution in [0, 0.1) is 11.7 Å². The van der Waals surface area contributed by atoms with E-state index < -0.39 is 0 Å². The van der Waals surface area contributed by atoms with E-state index in [9.17, 15) is 0 Å². The van der Waals surface area contributed by atoms with Gasteiger partial charge in [-0.2, -0.15) is 5.10 Å². The van der Waals surface area contributed by atoms with Gasteiger partial charge in [0.25, 0.3) is 0 Å². The fourth-order valence-electron chi connectivity index (χ4n) is 2.64. The van der Waals surface area contributed by atoms with Gasteiger partial charge in [0.05, 0.1) is 11.6 Å². The lowest BCUT2D eigenvalue weighted by Crippen LogP contribution is -2.18. The Kier molecular flexibility index (Phi) is 6.42. The van der Waals surface area contributed by atoms with Crippen molar-refractivity contribution < 1.29 is 4.74 Å². The minimum atomic E-state index is 0.417. The van der Waals surface area contributed by atoms with Crippen LogP contribution in [0.25, 0.3) is 0 Å². The number of nitrogens with one attached hydrogen (secondary N) is 2. The molecule has 2 aromatic carbocycles. The van der Waals surface area contributed by atoms with Gasteiger partial charge in [-0.1, -0.05) is 60.0 Å². The van der Waals surface area contributed by atoms with Crippen molar-refractivity contribution in [3.8, 4) is 5.75 Å². The van der Waals surface area contributed by atoms with Crippen LogP contribution in [0.5, 0.6) is 5.75 Å². The number of ether oxygens (including phenoxy) is 1. The molecule has 0 aliphatic heterocycles. The normalized spacial score (nSPS) is 10.8. The van der Waals surface area contributed by atoms with Crippen LogP contribution in [0.2, 0.25) is 10.0 Å². The molecule has 5 nitrogen and oxygen atoms in total. The lowest BCUT2D eigenvalue weighted by atomic mass is 10.1. The first-order valence-corrected chi connectivity index (χ1v) is 9.70. The van der Waals surface area contributed by atoms with Crippen LogP contribution in [0.1, 0.15) is 29.4 Å². The number of aromatic amines is 1. The Balaban J connectivity index is 1.80. The number of hydrogen-bond donors (Lipinski definition) is 2. The molecular formula is C19H20Cl2N4OS.